The lowest BCUT2D eigenvalue weighted by molar-refractivity contribution is 0.0905. The third-order valence-electron chi connectivity index (χ3n) is 9.85. The number of hydrogen-bond acceptors (Lipinski definition) is 3. The summed E-state index contributed by atoms with van der Waals surface area (Å²) < 4.78 is 46.3. The Morgan fingerprint density at radius 2 is 0.778 bits per heavy atom. The molecule has 7 heteroatoms. The van der Waals surface area contributed by atoms with Crippen LogP contribution < -0.4 is 9.47 Å². The van der Waals surface area contributed by atoms with Crippen LogP contribution in [0.5, 0.6) is 11.5 Å². The first-order valence-corrected chi connectivity index (χ1v) is 18.4. The van der Waals surface area contributed by atoms with Gasteiger partial charge in [-0.05, 0) is 57.6 Å². The molecule has 7 rings (SSSR count). The van der Waals surface area contributed by atoms with Gasteiger partial charge in [0.1, 0.15) is 37.1 Å². The van der Waals surface area contributed by atoms with E-state index in [-0.39, 0.29) is 25.9 Å². The average Bonchev–Trinajstić information content (AvgIpc) is 3.48. The number of hydrogen-bond donors (Lipinski definition) is 0. The van der Waals surface area contributed by atoms with Gasteiger partial charge >= 0.3 is 6.03 Å². The zero-order chi connectivity index (χ0) is 37.1. The van der Waals surface area contributed by atoms with E-state index in [4.69, 9.17) is 9.47 Å². The summed E-state index contributed by atoms with van der Waals surface area (Å²) in [5.74, 6) is 1.27. The van der Waals surface area contributed by atoms with Crippen molar-refractivity contribution in [1.29, 1.82) is 0 Å². The number of alkyl halides is 2. The fraction of sp³-hybridized carbons (Fsp3) is 0.213. The highest BCUT2D eigenvalue weighted by Gasteiger charge is 2.52. The first-order chi connectivity index (χ1) is 26.5. The van der Waals surface area contributed by atoms with E-state index in [9.17, 15) is 4.79 Å². The van der Waals surface area contributed by atoms with Gasteiger partial charge in [0.05, 0.1) is 12.1 Å². The zero-order valence-corrected chi connectivity index (χ0v) is 30.1. The molecule has 1 aliphatic heterocycles. The van der Waals surface area contributed by atoms with Crippen LogP contribution in [-0.4, -0.2) is 40.3 Å². The van der Waals surface area contributed by atoms with Crippen molar-refractivity contribution in [3.63, 3.8) is 0 Å². The van der Waals surface area contributed by atoms with Crippen molar-refractivity contribution in [3.8, 4) is 11.5 Å². The van der Waals surface area contributed by atoms with Gasteiger partial charge in [0, 0.05) is 25.9 Å². The van der Waals surface area contributed by atoms with Crippen LogP contribution in [0.2, 0.25) is 0 Å². The molecule has 274 valence electrons. The van der Waals surface area contributed by atoms with Gasteiger partial charge in [0.2, 0.25) is 0 Å². The molecule has 4 atom stereocenters. The number of urea groups is 1. The molecule has 2 amide bonds. The van der Waals surface area contributed by atoms with Gasteiger partial charge in [0.25, 0.3) is 0 Å². The second-order valence-electron chi connectivity index (χ2n) is 13.8. The van der Waals surface area contributed by atoms with Gasteiger partial charge in [-0.25, -0.2) is 13.6 Å². The van der Waals surface area contributed by atoms with Crippen molar-refractivity contribution in [2.75, 3.05) is 0 Å². The Hall–Kier alpha value is -5.95. The normalized spacial score (nSPS) is 16.6. The molecule has 54 heavy (non-hydrogen) atoms. The Balaban J connectivity index is 1.20. The van der Waals surface area contributed by atoms with Gasteiger partial charge in [-0.3, -0.25) is 0 Å². The monoisotopic (exact) mass is 722 g/mol. The van der Waals surface area contributed by atoms with Crippen LogP contribution in [0.4, 0.5) is 13.6 Å². The van der Waals surface area contributed by atoms with Gasteiger partial charge in [0.15, 0.2) is 0 Å². The van der Waals surface area contributed by atoms with E-state index in [0.29, 0.717) is 24.7 Å². The molecule has 0 unspecified atom stereocenters. The predicted molar refractivity (Wildman–Crippen MR) is 209 cm³/mol. The summed E-state index contributed by atoms with van der Waals surface area (Å²) in [4.78, 5) is 17.8. The van der Waals surface area contributed by atoms with Crippen molar-refractivity contribution in [3.05, 3.63) is 203 Å². The first-order valence-electron chi connectivity index (χ1n) is 18.4. The van der Waals surface area contributed by atoms with Crippen LogP contribution >= 0.6 is 0 Å². The lowest BCUT2D eigenvalue weighted by atomic mass is 9.91. The number of benzene rings is 6. The lowest BCUT2D eigenvalue weighted by Gasteiger charge is -2.33. The van der Waals surface area contributed by atoms with Crippen LogP contribution in [0, 0.1) is 0 Å². The van der Waals surface area contributed by atoms with Gasteiger partial charge in [-0.15, -0.1) is 0 Å². The van der Waals surface area contributed by atoms with E-state index in [0.717, 1.165) is 33.4 Å². The second kappa shape index (κ2) is 17.7. The van der Waals surface area contributed by atoms with E-state index < -0.39 is 30.5 Å². The maximum Gasteiger partial charge on any atom is 0.321 e. The maximum atomic E-state index is 17.1. The van der Waals surface area contributed by atoms with E-state index in [1.54, 1.807) is 0 Å². The molecule has 6 aromatic carbocycles. The number of rotatable bonds is 16. The Morgan fingerprint density at radius 3 is 1.15 bits per heavy atom. The first kappa shape index (κ1) is 36.4. The molecule has 5 nitrogen and oxygen atoms in total. The molecule has 0 radical (unpaired) electrons. The summed E-state index contributed by atoms with van der Waals surface area (Å²) in [5.41, 5.74) is 5.15. The molecule has 0 bridgehead atoms. The highest BCUT2D eigenvalue weighted by molar-refractivity contribution is 5.78. The van der Waals surface area contributed by atoms with Crippen LogP contribution in [0.25, 0.3) is 0 Å². The van der Waals surface area contributed by atoms with E-state index in [1.807, 2.05) is 170 Å². The molecule has 0 aliphatic carbocycles. The summed E-state index contributed by atoms with van der Waals surface area (Å²) >= 11 is 0. The molecule has 0 spiro atoms. The number of halogens is 2. The highest BCUT2D eigenvalue weighted by atomic mass is 19.1. The molecule has 1 aliphatic rings. The molecule has 6 aromatic rings. The van der Waals surface area contributed by atoms with Crippen LogP contribution in [0.15, 0.2) is 170 Å². The Kier molecular flexibility index (Phi) is 11.9. The molecule has 1 heterocycles. The molecule has 0 N–H and O–H groups in total. The number of amides is 2. The second-order valence-corrected chi connectivity index (χ2v) is 13.8. The third kappa shape index (κ3) is 9.34. The number of nitrogens with zero attached hydrogens (tertiary/aromatic N) is 2. The average molecular weight is 723 g/mol. The van der Waals surface area contributed by atoms with Gasteiger partial charge in [-0.2, -0.15) is 0 Å². The lowest BCUT2D eigenvalue weighted by Crippen LogP contribution is -2.50. The molecular formula is C47H44F2N2O3. The van der Waals surface area contributed by atoms with Crippen molar-refractivity contribution in [1.82, 2.24) is 9.80 Å². The Bertz CT molecular complexity index is 1920. The summed E-state index contributed by atoms with van der Waals surface area (Å²) in [6.45, 7) is 0.942. The molecule has 1 saturated heterocycles. The number of ether oxygens (including phenoxy) is 2. The molecular weight excluding hydrogens is 679 g/mol. The van der Waals surface area contributed by atoms with Gasteiger partial charge in [-0.1, -0.05) is 146 Å². The third-order valence-corrected chi connectivity index (χ3v) is 9.85. The van der Waals surface area contributed by atoms with Crippen LogP contribution in [0.3, 0.4) is 0 Å². The minimum atomic E-state index is -1.54. The van der Waals surface area contributed by atoms with Crippen LogP contribution in [0.1, 0.15) is 33.4 Å². The Morgan fingerprint density at radius 1 is 0.444 bits per heavy atom. The minimum absolute atomic E-state index is 0.0424. The molecule has 0 aromatic heterocycles. The molecule has 1 fully saturated rings. The summed E-state index contributed by atoms with van der Waals surface area (Å²) in [6, 6.07) is 50.9. The maximum absolute atomic E-state index is 17.1. The smallest absolute Gasteiger partial charge is 0.321 e. The standard InChI is InChI=1S/C47H44F2N2O3/c48-43(29-35-15-5-1-6-16-35)45-46(44(49)30-36-17-7-2-8-18-36)51(32-40-24-14-26-42(28-40)54-34-38-21-11-4-12-22-38)47(52)50(45)31-39-23-13-25-41(27-39)53-33-37-19-9-3-10-20-37/h1-28,43-46H,29-34H2/t43-,44-,45+,46+/m0/s1. The number of carbonyl (C=O) groups excluding carboxylic acids is 1. The quantitative estimate of drug-likeness (QED) is 0.0999. The van der Waals surface area contributed by atoms with Crippen molar-refractivity contribution >= 4 is 6.03 Å². The fourth-order valence-corrected chi connectivity index (χ4v) is 7.22. The van der Waals surface area contributed by atoms with Gasteiger partial charge < -0.3 is 19.3 Å². The van der Waals surface area contributed by atoms with E-state index >= 15 is 8.78 Å². The number of carbonyl (C=O) groups is 1. The zero-order valence-electron chi connectivity index (χ0n) is 30.1. The topological polar surface area (TPSA) is 42.0 Å². The summed E-state index contributed by atoms with van der Waals surface area (Å²) in [6.07, 6.45) is -3.00. The molecule has 0 saturated carbocycles. The Labute approximate surface area is 316 Å². The van der Waals surface area contributed by atoms with Crippen LogP contribution in [-0.2, 0) is 39.1 Å². The van der Waals surface area contributed by atoms with E-state index in [1.165, 1.54) is 9.80 Å². The van der Waals surface area contributed by atoms with E-state index in [2.05, 4.69) is 0 Å². The largest absolute Gasteiger partial charge is 0.489 e. The minimum Gasteiger partial charge on any atom is -0.489 e. The SMILES string of the molecule is O=C1N(Cc2cccc(OCc3ccccc3)c2)[C@H]([C@@H](F)Cc2ccccc2)[C@@H]([C@@H](F)Cc2ccccc2)N1Cc1cccc(OCc2ccccc2)c1. The predicted octanol–water partition coefficient (Wildman–Crippen LogP) is 10.2. The highest BCUT2D eigenvalue weighted by Crippen LogP contribution is 2.36. The van der Waals surface area contributed by atoms with Crippen molar-refractivity contribution in [2.24, 2.45) is 0 Å². The fourth-order valence-electron chi connectivity index (χ4n) is 7.22. The van der Waals surface area contributed by atoms with Crippen molar-refractivity contribution < 1.29 is 23.0 Å². The van der Waals surface area contributed by atoms with Crippen molar-refractivity contribution in [2.45, 2.75) is 63.6 Å². The summed E-state index contributed by atoms with van der Waals surface area (Å²) in [7, 11) is 0. The summed E-state index contributed by atoms with van der Waals surface area (Å²) in [5, 5.41) is 0.